The van der Waals surface area contributed by atoms with Crippen LogP contribution in [0.1, 0.15) is 93.5 Å². The quantitative estimate of drug-likeness (QED) is 0.458. The maximum atomic E-state index is 13.7. The van der Waals surface area contributed by atoms with Crippen LogP contribution in [0.4, 0.5) is 0 Å². The second-order valence-corrected chi connectivity index (χ2v) is 13.8. The third-order valence-electron chi connectivity index (χ3n) is 10.7. The number of aliphatic hydroxyl groups excluding tert-OH is 1. The lowest BCUT2D eigenvalue weighted by molar-refractivity contribution is -0.163. The van der Waals surface area contributed by atoms with E-state index < -0.39 is 11.0 Å². The standard InChI is InChI=1S/C35H49N3O5/c1-25(19-26-11-5-4-6-12-26)32(41)37-18-17-35(43,34(23-37)15-9-10-16-34)24-38-21-30(33(42)36(2)3)29(20-31(38)40)28-14-8-7-13-27(28)22-39/h7-8,13-14,20-21,25-26,39,43H,4-6,9-12,15-19,22-24H2,1-3H3/t25-,35?/m1/s1. The van der Waals surface area contributed by atoms with Gasteiger partial charge in [0.2, 0.25) is 5.91 Å². The molecule has 8 heteroatoms. The molecule has 5 rings (SSSR count). The molecular formula is C35H49N3O5. The Hall–Kier alpha value is -2.97. The average Bonchev–Trinajstić information content (AvgIpc) is 3.49. The van der Waals surface area contributed by atoms with Crippen LogP contribution in [0.5, 0.6) is 0 Å². The second-order valence-electron chi connectivity index (χ2n) is 13.8. The van der Waals surface area contributed by atoms with Gasteiger partial charge in [0, 0.05) is 56.3 Å². The minimum atomic E-state index is -1.18. The molecule has 1 unspecified atom stereocenters. The molecule has 43 heavy (non-hydrogen) atoms. The van der Waals surface area contributed by atoms with E-state index >= 15 is 0 Å². The summed E-state index contributed by atoms with van der Waals surface area (Å²) in [5.74, 6) is 0.547. The Bertz CT molecular complexity index is 1370. The number of piperidine rings is 1. The van der Waals surface area contributed by atoms with E-state index in [1.54, 1.807) is 32.4 Å². The molecule has 3 fully saturated rings. The van der Waals surface area contributed by atoms with Crippen LogP contribution in [0, 0.1) is 17.3 Å². The summed E-state index contributed by atoms with van der Waals surface area (Å²) in [5, 5.41) is 22.3. The van der Waals surface area contributed by atoms with Crippen LogP contribution in [0.2, 0.25) is 0 Å². The number of pyridine rings is 1. The third kappa shape index (κ3) is 6.32. The number of likely N-dealkylation sites (tertiary alicyclic amines) is 1. The fourth-order valence-corrected chi connectivity index (χ4v) is 8.16. The van der Waals surface area contributed by atoms with Gasteiger partial charge in [-0.25, -0.2) is 0 Å². The molecule has 1 saturated heterocycles. The molecule has 1 aliphatic heterocycles. The highest BCUT2D eigenvalue weighted by atomic mass is 16.3. The number of aliphatic hydroxyl groups is 2. The van der Waals surface area contributed by atoms with Crippen LogP contribution in [0.15, 0.2) is 41.3 Å². The molecule has 1 spiro atoms. The summed E-state index contributed by atoms with van der Waals surface area (Å²) in [4.78, 5) is 44.2. The summed E-state index contributed by atoms with van der Waals surface area (Å²) in [6, 6.07) is 8.68. The largest absolute Gasteiger partial charge is 0.392 e. The SMILES string of the molecule is C[C@H](CC1CCCCC1)C(=O)N1CCC(O)(Cn2cc(C(=O)N(C)C)c(-c3ccccc3CO)cc2=O)C2(CCCC2)C1. The van der Waals surface area contributed by atoms with Crippen molar-refractivity contribution < 1.29 is 19.8 Å². The van der Waals surface area contributed by atoms with E-state index in [0.717, 1.165) is 32.1 Å². The van der Waals surface area contributed by atoms with Gasteiger partial charge < -0.3 is 24.6 Å². The van der Waals surface area contributed by atoms with Crippen LogP contribution in [-0.4, -0.2) is 69.2 Å². The summed E-state index contributed by atoms with van der Waals surface area (Å²) in [5.41, 5.74) is 0.112. The van der Waals surface area contributed by atoms with Gasteiger partial charge in [-0.1, -0.05) is 76.1 Å². The molecule has 2 amide bonds. The maximum absolute atomic E-state index is 13.7. The zero-order valence-electron chi connectivity index (χ0n) is 26.2. The maximum Gasteiger partial charge on any atom is 0.255 e. The van der Waals surface area contributed by atoms with Gasteiger partial charge in [-0.05, 0) is 42.7 Å². The number of benzene rings is 1. The van der Waals surface area contributed by atoms with Gasteiger partial charge in [-0.3, -0.25) is 14.4 Å². The number of amides is 2. The molecule has 2 N–H and O–H groups in total. The number of hydrogen-bond acceptors (Lipinski definition) is 5. The number of carbonyl (C=O) groups is 2. The van der Waals surface area contributed by atoms with Gasteiger partial charge in [0.1, 0.15) is 0 Å². The summed E-state index contributed by atoms with van der Waals surface area (Å²) in [7, 11) is 3.34. The minimum Gasteiger partial charge on any atom is -0.392 e. The lowest BCUT2D eigenvalue weighted by atomic mass is 9.65. The monoisotopic (exact) mass is 591 g/mol. The van der Waals surface area contributed by atoms with Crippen molar-refractivity contribution in [3.8, 4) is 11.1 Å². The van der Waals surface area contributed by atoms with Crippen LogP contribution >= 0.6 is 0 Å². The van der Waals surface area contributed by atoms with Crippen molar-refractivity contribution >= 4 is 11.8 Å². The Labute approximate surface area is 255 Å². The number of rotatable bonds is 8. The minimum absolute atomic E-state index is 0.0238. The second kappa shape index (κ2) is 12.9. The molecular weight excluding hydrogens is 542 g/mol. The number of hydrogen-bond donors (Lipinski definition) is 2. The van der Waals surface area contributed by atoms with Crippen molar-refractivity contribution in [1.82, 2.24) is 14.4 Å². The molecule has 2 saturated carbocycles. The first-order valence-electron chi connectivity index (χ1n) is 16.2. The van der Waals surface area contributed by atoms with Gasteiger partial charge in [0.25, 0.3) is 11.5 Å². The smallest absolute Gasteiger partial charge is 0.255 e. The molecule has 0 bridgehead atoms. The van der Waals surface area contributed by atoms with E-state index in [-0.39, 0.29) is 36.4 Å². The lowest BCUT2D eigenvalue weighted by Gasteiger charge is -2.53. The van der Waals surface area contributed by atoms with E-state index in [0.29, 0.717) is 47.7 Å². The fraction of sp³-hybridized carbons (Fsp3) is 0.629. The predicted octanol–water partition coefficient (Wildman–Crippen LogP) is 4.84. The van der Waals surface area contributed by atoms with E-state index in [2.05, 4.69) is 6.92 Å². The number of nitrogens with zero attached hydrogens (tertiary/aromatic N) is 3. The molecule has 3 aliphatic rings. The van der Waals surface area contributed by atoms with Crippen molar-refractivity contribution in [2.24, 2.45) is 17.3 Å². The summed E-state index contributed by atoms with van der Waals surface area (Å²) < 4.78 is 1.49. The van der Waals surface area contributed by atoms with Crippen LogP contribution < -0.4 is 5.56 Å². The van der Waals surface area contributed by atoms with Crippen LogP contribution in [0.25, 0.3) is 11.1 Å². The Morgan fingerprint density at radius 3 is 2.40 bits per heavy atom. The Morgan fingerprint density at radius 1 is 1.02 bits per heavy atom. The molecule has 8 nitrogen and oxygen atoms in total. The Balaban J connectivity index is 1.43. The summed E-state index contributed by atoms with van der Waals surface area (Å²) in [6.45, 7) is 2.90. The highest BCUT2D eigenvalue weighted by Gasteiger charge is 2.55. The molecule has 234 valence electrons. The first-order valence-corrected chi connectivity index (χ1v) is 16.2. The van der Waals surface area contributed by atoms with Crippen molar-refractivity contribution in [1.29, 1.82) is 0 Å². The highest BCUT2D eigenvalue weighted by molar-refractivity contribution is 6.00. The van der Waals surface area contributed by atoms with Crippen molar-refractivity contribution in [2.75, 3.05) is 27.2 Å². The van der Waals surface area contributed by atoms with Crippen LogP contribution in [0.3, 0.4) is 0 Å². The molecule has 1 aromatic heterocycles. The first kappa shape index (κ1) is 31.5. The molecule has 2 aliphatic carbocycles. The van der Waals surface area contributed by atoms with Crippen molar-refractivity contribution in [3.63, 3.8) is 0 Å². The zero-order chi connectivity index (χ0) is 30.8. The Kier molecular flexibility index (Phi) is 9.47. The summed E-state index contributed by atoms with van der Waals surface area (Å²) >= 11 is 0. The number of carbonyl (C=O) groups excluding carboxylic acids is 2. The third-order valence-corrected chi connectivity index (χ3v) is 10.7. The van der Waals surface area contributed by atoms with E-state index in [1.165, 1.54) is 47.6 Å². The predicted molar refractivity (Wildman–Crippen MR) is 167 cm³/mol. The van der Waals surface area contributed by atoms with E-state index in [4.69, 9.17) is 0 Å². The molecule has 2 aromatic rings. The first-order chi connectivity index (χ1) is 20.6. The van der Waals surface area contributed by atoms with E-state index in [1.807, 2.05) is 17.0 Å². The highest BCUT2D eigenvalue weighted by Crippen LogP contribution is 2.52. The lowest BCUT2D eigenvalue weighted by Crippen LogP contribution is -2.62. The molecule has 2 heterocycles. The topological polar surface area (TPSA) is 103 Å². The average molecular weight is 592 g/mol. The van der Waals surface area contributed by atoms with Crippen molar-refractivity contribution in [2.45, 2.75) is 96.3 Å². The normalized spacial score (nSPS) is 23.0. The van der Waals surface area contributed by atoms with Gasteiger partial charge in [0.05, 0.1) is 24.3 Å². The van der Waals surface area contributed by atoms with E-state index in [9.17, 15) is 24.6 Å². The molecule has 2 atom stereocenters. The zero-order valence-corrected chi connectivity index (χ0v) is 26.2. The molecule has 0 radical (unpaired) electrons. The molecule has 1 aromatic carbocycles. The van der Waals surface area contributed by atoms with Crippen LogP contribution in [-0.2, 0) is 17.9 Å². The van der Waals surface area contributed by atoms with Gasteiger partial charge >= 0.3 is 0 Å². The Morgan fingerprint density at radius 2 is 1.72 bits per heavy atom. The summed E-state index contributed by atoms with van der Waals surface area (Å²) in [6.07, 6.45) is 12.8. The van der Waals surface area contributed by atoms with Gasteiger partial charge in [-0.15, -0.1) is 0 Å². The number of aromatic nitrogens is 1. The van der Waals surface area contributed by atoms with Crippen molar-refractivity contribution in [3.05, 3.63) is 58.0 Å². The fourth-order valence-electron chi connectivity index (χ4n) is 8.16. The van der Waals surface area contributed by atoms with Gasteiger partial charge in [0.15, 0.2) is 0 Å². The van der Waals surface area contributed by atoms with Gasteiger partial charge in [-0.2, -0.15) is 0 Å².